The molecule has 5 nitrogen and oxygen atoms in total. The average Bonchev–Trinajstić information content (AvgIpc) is 2.92. The van der Waals surface area contributed by atoms with E-state index in [-0.39, 0.29) is 0 Å². The zero-order valence-corrected chi connectivity index (χ0v) is 11.5. The third kappa shape index (κ3) is 3.66. The number of nitriles is 1. The Bertz CT molecular complexity index is 546. The van der Waals surface area contributed by atoms with Gasteiger partial charge in [-0.15, -0.1) is 10.2 Å². The van der Waals surface area contributed by atoms with Gasteiger partial charge in [0.25, 0.3) is 0 Å². The molecule has 2 aromatic rings. The highest BCUT2D eigenvalue weighted by Crippen LogP contribution is 2.20. The van der Waals surface area contributed by atoms with Gasteiger partial charge in [0.05, 0.1) is 19.0 Å². The Balaban J connectivity index is 2.12. The second-order valence-electron chi connectivity index (χ2n) is 3.92. The molecule has 0 saturated heterocycles. The zero-order valence-electron chi connectivity index (χ0n) is 10.7. The van der Waals surface area contributed by atoms with Crippen LogP contribution in [0, 0.1) is 11.3 Å². The predicted octanol–water partition coefficient (Wildman–Crippen LogP) is 2.50. The van der Waals surface area contributed by atoms with Crippen LogP contribution in [0.2, 0.25) is 0 Å². The van der Waals surface area contributed by atoms with E-state index >= 15 is 0 Å². The van der Waals surface area contributed by atoms with E-state index in [0.717, 1.165) is 15.8 Å². The smallest absolute Gasteiger partial charge is 0.205 e. The largest absolute Gasteiger partial charge is 0.364 e. The number of nitrogens with one attached hydrogen (secondary N) is 1. The highest BCUT2D eigenvalue weighted by Gasteiger charge is 2.10. The number of hydrogen-bond acceptors (Lipinski definition) is 6. The Kier molecular flexibility index (Phi) is 4.70. The first-order valence-corrected chi connectivity index (χ1v) is 6.82. The standard InChI is InChI=1S/C13H15N5S/c1-15-13-17-16-12(19-13)10-18(9-5-8-14)11-6-3-2-4-7-11/h2-4,6-7H,5,9-10H2,1H3,(H,15,17). The average molecular weight is 273 g/mol. The molecule has 0 aliphatic heterocycles. The van der Waals surface area contributed by atoms with Crippen LogP contribution in [0.3, 0.4) is 0 Å². The van der Waals surface area contributed by atoms with Gasteiger partial charge in [-0.3, -0.25) is 0 Å². The Morgan fingerprint density at radius 1 is 1.32 bits per heavy atom. The molecule has 0 saturated carbocycles. The van der Waals surface area contributed by atoms with Crippen LogP contribution in [0.5, 0.6) is 0 Å². The fraction of sp³-hybridized carbons (Fsp3) is 0.308. The highest BCUT2D eigenvalue weighted by atomic mass is 32.1. The van der Waals surface area contributed by atoms with Gasteiger partial charge in [0.2, 0.25) is 5.13 Å². The third-order valence-electron chi connectivity index (χ3n) is 2.62. The van der Waals surface area contributed by atoms with Crippen LogP contribution in [0.25, 0.3) is 0 Å². The van der Waals surface area contributed by atoms with Crippen molar-refractivity contribution in [1.29, 1.82) is 5.26 Å². The maximum atomic E-state index is 8.76. The van der Waals surface area contributed by atoms with Gasteiger partial charge in [0.1, 0.15) is 5.01 Å². The zero-order chi connectivity index (χ0) is 13.5. The lowest BCUT2D eigenvalue weighted by molar-refractivity contribution is 0.783. The SMILES string of the molecule is CNc1nnc(CN(CCC#N)c2ccccc2)s1. The molecule has 6 heteroatoms. The van der Waals surface area contributed by atoms with Crippen molar-refractivity contribution < 1.29 is 0 Å². The van der Waals surface area contributed by atoms with Crippen LogP contribution in [0.15, 0.2) is 30.3 Å². The lowest BCUT2D eigenvalue weighted by Gasteiger charge is -2.22. The Hall–Kier alpha value is -2.13. The molecule has 0 bridgehead atoms. The summed E-state index contributed by atoms with van der Waals surface area (Å²) >= 11 is 1.53. The molecule has 1 aromatic carbocycles. The molecule has 0 radical (unpaired) electrons. The maximum Gasteiger partial charge on any atom is 0.205 e. The van der Waals surface area contributed by atoms with Gasteiger partial charge in [0.15, 0.2) is 0 Å². The molecule has 0 aliphatic rings. The second kappa shape index (κ2) is 6.71. The van der Waals surface area contributed by atoms with Gasteiger partial charge in [-0.1, -0.05) is 29.5 Å². The summed E-state index contributed by atoms with van der Waals surface area (Å²) in [5, 5.41) is 21.6. The predicted molar refractivity (Wildman–Crippen MR) is 77.2 cm³/mol. The Morgan fingerprint density at radius 3 is 2.74 bits per heavy atom. The molecule has 1 N–H and O–H groups in total. The van der Waals surface area contributed by atoms with E-state index in [9.17, 15) is 0 Å². The summed E-state index contributed by atoms with van der Waals surface area (Å²) in [6.07, 6.45) is 0.493. The van der Waals surface area contributed by atoms with Gasteiger partial charge in [-0.25, -0.2) is 0 Å². The minimum absolute atomic E-state index is 0.493. The molecule has 1 heterocycles. The van der Waals surface area contributed by atoms with Crippen LogP contribution in [-0.2, 0) is 6.54 Å². The van der Waals surface area contributed by atoms with Crippen LogP contribution in [0.4, 0.5) is 10.8 Å². The molecular weight excluding hydrogens is 258 g/mol. The fourth-order valence-electron chi connectivity index (χ4n) is 1.71. The summed E-state index contributed by atoms with van der Waals surface area (Å²) in [5.41, 5.74) is 1.10. The lowest BCUT2D eigenvalue weighted by Crippen LogP contribution is -2.23. The maximum absolute atomic E-state index is 8.76. The van der Waals surface area contributed by atoms with E-state index in [4.69, 9.17) is 5.26 Å². The van der Waals surface area contributed by atoms with E-state index < -0.39 is 0 Å². The van der Waals surface area contributed by atoms with Crippen molar-refractivity contribution in [2.45, 2.75) is 13.0 Å². The molecule has 98 valence electrons. The van der Waals surface area contributed by atoms with Crippen molar-refractivity contribution in [2.24, 2.45) is 0 Å². The number of aromatic nitrogens is 2. The molecule has 1 aromatic heterocycles. The van der Waals surface area contributed by atoms with E-state index in [1.807, 2.05) is 37.4 Å². The molecule has 0 unspecified atom stereocenters. The van der Waals surface area contributed by atoms with Crippen LogP contribution in [-0.4, -0.2) is 23.8 Å². The minimum atomic E-state index is 0.493. The second-order valence-corrected chi connectivity index (χ2v) is 4.98. The summed E-state index contributed by atoms with van der Waals surface area (Å²) in [6.45, 7) is 1.36. The first kappa shape index (κ1) is 13.3. The summed E-state index contributed by atoms with van der Waals surface area (Å²) < 4.78 is 0. The van der Waals surface area contributed by atoms with Crippen molar-refractivity contribution in [3.63, 3.8) is 0 Å². The number of benzene rings is 1. The summed E-state index contributed by atoms with van der Waals surface area (Å²) in [7, 11) is 1.83. The van der Waals surface area contributed by atoms with Crippen molar-refractivity contribution in [3.8, 4) is 6.07 Å². The fourth-order valence-corrected chi connectivity index (χ4v) is 2.41. The van der Waals surface area contributed by atoms with E-state index in [1.54, 1.807) is 0 Å². The van der Waals surface area contributed by atoms with Gasteiger partial charge in [-0.2, -0.15) is 5.26 Å². The Morgan fingerprint density at radius 2 is 2.11 bits per heavy atom. The van der Waals surface area contributed by atoms with E-state index in [0.29, 0.717) is 19.5 Å². The lowest BCUT2D eigenvalue weighted by atomic mass is 10.2. The quantitative estimate of drug-likeness (QED) is 0.876. The van der Waals surface area contributed by atoms with Crippen molar-refractivity contribution >= 4 is 22.2 Å². The minimum Gasteiger partial charge on any atom is -0.364 e. The van der Waals surface area contributed by atoms with E-state index in [1.165, 1.54) is 11.3 Å². The topological polar surface area (TPSA) is 64.8 Å². The summed E-state index contributed by atoms with van der Waals surface area (Å²) in [6, 6.07) is 12.2. The number of anilines is 2. The number of rotatable bonds is 6. The molecule has 2 rings (SSSR count). The van der Waals surface area contributed by atoms with Crippen molar-refractivity contribution in [3.05, 3.63) is 35.3 Å². The van der Waals surface area contributed by atoms with Crippen molar-refractivity contribution in [1.82, 2.24) is 10.2 Å². The van der Waals surface area contributed by atoms with Gasteiger partial charge < -0.3 is 10.2 Å². The van der Waals surface area contributed by atoms with Gasteiger partial charge in [0, 0.05) is 19.3 Å². The first-order chi connectivity index (χ1) is 9.33. The summed E-state index contributed by atoms with van der Waals surface area (Å²) in [5.74, 6) is 0. The number of nitrogens with zero attached hydrogens (tertiary/aromatic N) is 4. The highest BCUT2D eigenvalue weighted by molar-refractivity contribution is 7.15. The molecular formula is C13H15N5S. The van der Waals surface area contributed by atoms with E-state index in [2.05, 4.69) is 26.5 Å². The number of hydrogen-bond donors (Lipinski definition) is 1. The molecule has 0 aliphatic carbocycles. The van der Waals surface area contributed by atoms with Crippen LogP contribution in [0.1, 0.15) is 11.4 Å². The monoisotopic (exact) mass is 273 g/mol. The van der Waals surface area contributed by atoms with Crippen LogP contribution >= 0.6 is 11.3 Å². The molecule has 0 spiro atoms. The van der Waals surface area contributed by atoms with Gasteiger partial charge >= 0.3 is 0 Å². The van der Waals surface area contributed by atoms with Crippen molar-refractivity contribution in [2.75, 3.05) is 23.8 Å². The first-order valence-electron chi connectivity index (χ1n) is 6.00. The molecule has 0 amide bonds. The molecule has 19 heavy (non-hydrogen) atoms. The number of para-hydroxylation sites is 1. The Labute approximate surface area is 116 Å². The normalized spacial score (nSPS) is 9.89. The molecule has 0 fully saturated rings. The molecule has 0 atom stereocenters. The third-order valence-corrected chi connectivity index (χ3v) is 3.55. The van der Waals surface area contributed by atoms with Gasteiger partial charge in [-0.05, 0) is 12.1 Å². The van der Waals surface area contributed by atoms with Crippen LogP contribution < -0.4 is 10.2 Å². The summed E-state index contributed by atoms with van der Waals surface area (Å²) in [4.78, 5) is 2.14.